The molecule has 1 rings (SSSR count). The quantitative estimate of drug-likeness (QED) is 0.599. The van der Waals surface area contributed by atoms with Gasteiger partial charge in [-0.25, -0.2) is 0 Å². The largest absolute Gasteiger partial charge is 0.317 e. The Bertz CT molecular complexity index is 312. The number of carbonyl (C=O) groups excluding carboxylic acids is 1. The van der Waals surface area contributed by atoms with Crippen LogP contribution in [0.1, 0.15) is 23.7 Å². The van der Waals surface area contributed by atoms with E-state index in [9.17, 15) is 4.79 Å². The first-order valence-electron chi connectivity index (χ1n) is 4.74. The molecule has 76 valence electrons. The molecule has 1 N–H and O–H groups in total. The normalized spacial score (nSPS) is 10.1. The number of hydrogen-bond acceptors (Lipinski definition) is 2. The maximum atomic E-state index is 11.6. The van der Waals surface area contributed by atoms with Gasteiger partial charge in [0.1, 0.15) is 0 Å². The van der Waals surface area contributed by atoms with Crippen LogP contribution < -0.4 is 5.32 Å². The van der Waals surface area contributed by atoms with E-state index in [1.807, 2.05) is 19.1 Å². The van der Waals surface area contributed by atoms with Crippen molar-refractivity contribution in [1.82, 2.24) is 5.32 Å². The molecule has 0 unspecified atom stereocenters. The molecular weight excluding hydrogens is 198 g/mol. The summed E-state index contributed by atoms with van der Waals surface area (Å²) in [6.45, 7) is 3.61. The van der Waals surface area contributed by atoms with Gasteiger partial charge in [0.2, 0.25) is 0 Å². The molecule has 2 nitrogen and oxygen atoms in total. The average molecular weight is 212 g/mol. The second-order valence-corrected chi connectivity index (χ2v) is 3.41. The zero-order valence-corrected chi connectivity index (χ0v) is 8.97. The van der Waals surface area contributed by atoms with E-state index in [1.165, 1.54) is 0 Å². The highest BCUT2D eigenvalue weighted by Gasteiger charge is 2.08. The number of nitrogens with one attached hydrogen (secondary N) is 1. The van der Waals surface area contributed by atoms with Crippen LogP contribution in [0, 0.1) is 0 Å². The van der Waals surface area contributed by atoms with Gasteiger partial charge in [0.05, 0.1) is 5.02 Å². The summed E-state index contributed by atoms with van der Waals surface area (Å²) in [5.74, 6) is 0.0940. The molecule has 0 saturated heterocycles. The lowest BCUT2D eigenvalue weighted by Gasteiger charge is -2.03. The maximum absolute atomic E-state index is 11.6. The number of carbonyl (C=O) groups is 1. The van der Waals surface area contributed by atoms with E-state index in [4.69, 9.17) is 11.6 Å². The second kappa shape index (κ2) is 5.78. The van der Waals surface area contributed by atoms with Crippen molar-refractivity contribution in [3.8, 4) is 0 Å². The van der Waals surface area contributed by atoms with Crippen LogP contribution in [0.2, 0.25) is 5.02 Å². The first-order chi connectivity index (χ1) is 6.75. The summed E-state index contributed by atoms with van der Waals surface area (Å²) in [5.41, 5.74) is 0.618. The van der Waals surface area contributed by atoms with E-state index in [-0.39, 0.29) is 5.78 Å². The molecule has 0 aliphatic rings. The van der Waals surface area contributed by atoms with Crippen LogP contribution in [0.4, 0.5) is 0 Å². The van der Waals surface area contributed by atoms with Crippen LogP contribution in [0.15, 0.2) is 24.3 Å². The molecule has 0 saturated carbocycles. The molecule has 0 radical (unpaired) electrons. The van der Waals surface area contributed by atoms with Gasteiger partial charge in [0, 0.05) is 18.5 Å². The lowest BCUT2D eigenvalue weighted by Crippen LogP contribution is -2.17. The summed E-state index contributed by atoms with van der Waals surface area (Å²) in [4.78, 5) is 11.6. The van der Waals surface area contributed by atoms with Gasteiger partial charge >= 0.3 is 0 Å². The van der Waals surface area contributed by atoms with Crippen LogP contribution in [0.3, 0.4) is 0 Å². The first-order valence-corrected chi connectivity index (χ1v) is 5.12. The number of benzene rings is 1. The first kappa shape index (κ1) is 11.2. The summed E-state index contributed by atoms with van der Waals surface area (Å²) >= 11 is 5.89. The predicted octanol–water partition coefficient (Wildman–Crippen LogP) is 2.52. The highest BCUT2D eigenvalue weighted by Crippen LogP contribution is 2.16. The lowest BCUT2D eigenvalue weighted by atomic mass is 10.1. The van der Waals surface area contributed by atoms with Gasteiger partial charge in [0.25, 0.3) is 0 Å². The Morgan fingerprint density at radius 2 is 2.14 bits per heavy atom. The van der Waals surface area contributed by atoms with Crippen molar-refractivity contribution in [2.24, 2.45) is 0 Å². The van der Waals surface area contributed by atoms with Gasteiger partial charge < -0.3 is 5.32 Å². The SMILES string of the molecule is CCNCCC(=O)c1ccccc1Cl. The molecular formula is C11H14ClNO. The third-order valence-corrected chi connectivity index (χ3v) is 2.28. The van der Waals surface area contributed by atoms with E-state index >= 15 is 0 Å². The van der Waals surface area contributed by atoms with E-state index < -0.39 is 0 Å². The number of ketones is 1. The van der Waals surface area contributed by atoms with Gasteiger partial charge in [-0.15, -0.1) is 0 Å². The van der Waals surface area contributed by atoms with Crippen molar-refractivity contribution < 1.29 is 4.79 Å². The zero-order valence-electron chi connectivity index (χ0n) is 8.22. The Morgan fingerprint density at radius 3 is 2.79 bits per heavy atom. The molecule has 0 fully saturated rings. The fourth-order valence-corrected chi connectivity index (χ4v) is 1.44. The molecule has 14 heavy (non-hydrogen) atoms. The van der Waals surface area contributed by atoms with Crippen LogP contribution in [-0.2, 0) is 0 Å². The molecule has 0 aromatic heterocycles. The van der Waals surface area contributed by atoms with Crippen molar-refractivity contribution in [3.63, 3.8) is 0 Å². The molecule has 0 atom stereocenters. The molecule has 0 heterocycles. The van der Waals surface area contributed by atoms with Crippen LogP contribution >= 0.6 is 11.6 Å². The predicted molar refractivity (Wildman–Crippen MR) is 58.9 cm³/mol. The minimum absolute atomic E-state index is 0.0940. The summed E-state index contributed by atoms with van der Waals surface area (Å²) < 4.78 is 0. The van der Waals surface area contributed by atoms with Crippen LogP contribution in [0.5, 0.6) is 0 Å². The van der Waals surface area contributed by atoms with Crippen molar-refractivity contribution >= 4 is 17.4 Å². The van der Waals surface area contributed by atoms with E-state index in [2.05, 4.69) is 5.32 Å². The van der Waals surface area contributed by atoms with Crippen LogP contribution in [-0.4, -0.2) is 18.9 Å². The fourth-order valence-electron chi connectivity index (χ4n) is 1.20. The van der Waals surface area contributed by atoms with E-state index in [0.717, 1.165) is 6.54 Å². The van der Waals surface area contributed by atoms with Gasteiger partial charge in [-0.3, -0.25) is 4.79 Å². The average Bonchev–Trinajstić information content (AvgIpc) is 2.18. The standard InChI is InChI=1S/C11H14ClNO/c1-2-13-8-7-11(14)9-5-3-4-6-10(9)12/h3-6,13H,2,7-8H2,1H3. The zero-order chi connectivity index (χ0) is 10.4. The highest BCUT2D eigenvalue weighted by atomic mass is 35.5. The maximum Gasteiger partial charge on any atom is 0.165 e. The smallest absolute Gasteiger partial charge is 0.165 e. The molecule has 0 bridgehead atoms. The Hall–Kier alpha value is -0.860. The van der Waals surface area contributed by atoms with Crippen molar-refractivity contribution in [3.05, 3.63) is 34.9 Å². The Labute approximate surface area is 89.3 Å². The number of hydrogen-bond donors (Lipinski definition) is 1. The molecule has 1 aromatic rings. The van der Waals surface area contributed by atoms with Gasteiger partial charge in [-0.05, 0) is 18.7 Å². The van der Waals surface area contributed by atoms with Gasteiger partial charge in [0.15, 0.2) is 5.78 Å². The van der Waals surface area contributed by atoms with E-state index in [0.29, 0.717) is 23.6 Å². The molecule has 3 heteroatoms. The molecule has 0 spiro atoms. The number of Topliss-reactive ketones (excluding diaryl/α,β-unsaturated/α-hetero) is 1. The Kier molecular flexibility index (Phi) is 4.63. The van der Waals surface area contributed by atoms with Gasteiger partial charge in [-0.2, -0.15) is 0 Å². The third kappa shape index (κ3) is 3.13. The summed E-state index contributed by atoms with van der Waals surface area (Å²) in [5, 5.41) is 3.64. The molecule has 0 aliphatic heterocycles. The molecule has 0 aliphatic carbocycles. The van der Waals surface area contributed by atoms with Gasteiger partial charge in [-0.1, -0.05) is 30.7 Å². The van der Waals surface area contributed by atoms with Crippen molar-refractivity contribution in [2.75, 3.05) is 13.1 Å². The van der Waals surface area contributed by atoms with Crippen LogP contribution in [0.25, 0.3) is 0 Å². The molecule has 1 aromatic carbocycles. The highest BCUT2D eigenvalue weighted by molar-refractivity contribution is 6.33. The van der Waals surface area contributed by atoms with Crippen molar-refractivity contribution in [2.45, 2.75) is 13.3 Å². The number of halogens is 1. The lowest BCUT2D eigenvalue weighted by molar-refractivity contribution is 0.0983. The van der Waals surface area contributed by atoms with Crippen molar-refractivity contribution in [1.29, 1.82) is 0 Å². The minimum Gasteiger partial charge on any atom is -0.317 e. The Balaban J connectivity index is 2.56. The second-order valence-electron chi connectivity index (χ2n) is 3.01. The summed E-state index contributed by atoms with van der Waals surface area (Å²) in [6.07, 6.45) is 0.498. The fraction of sp³-hybridized carbons (Fsp3) is 0.364. The molecule has 0 amide bonds. The topological polar surface area (TPSA) is 29.1 Å². The monoisotopic (exact) mass is 211 g/mol. The Morgan fingerprint density at radius 1 is 1.43 bits per heavy atom. The third-order valence-electron chi connectivity index (χ3n) is 1.95. The minimum atomic E-state index is 0.0940. The summed E-state index contributed by atoms with van der Waals surface area (Å²) in [6, 6.07) is 7.15. The number of rotatable bonds is 5. The summed E-state index contributed by atoms with van der Waals surface area (Å²) in [7, 11) is 0. The van der Waals surface area contributed by atoms with E-state index in [1.54, 1.807) is 12.1 Å².